The highest BCUT2D eigenvalue weighted by molar-refractivity contribution is 5.53. The average Bonchev–Trinajstić information content (AvgIpc) is 2.69. The van der Waals surface area contributed by atoms with Crippen molar-refractivity contribution in [3.05, 3.63) is 11.8 Å². The molecule has 2 aromatic rings. The van der Waals surface area contributed by atoms with Crippen molar-refractivity contribution in [3.8, 4) is 11.5 Å². The monoisotopic (exact) mass is 206 g/mol. The van der Waals surface area contributed by atoms with Crippen LogP contribution in [0.25, 0.3) is 11.5 Å². The summed E-state index contributed by atoms with van der Waals surface area (Å²) in [4.78, 5) is 0. The van der Waals surface area contributed by atoms with Gasteiger partial charge in [0.1, 0.15) is 5.69 Å². The van der Waals surface area contributed by atoms with E-state index in [2.05, 4.69) is 20.6 Å². The van der Waals surface area contributed by atoms with Crippen LogP contribution in [0.2, 0.25) is 0 Å². The van der Waals surface area contributed by atoms with E-state index in [9.17, 15) is 0 Å². The number of aryl methyl sites for hydroxylation is 2. The van der Waals surface area contributed by atoms with Crippen molar-refractivity contribution in [2.24, 2.45) is 14.1 Å². The van der Waals surface area contributed by atoms with Gasteiger partial charge in [0.25, 0.3) is 0 Å². The van der Waals surface area contributed by atoms with Gasteiger partial charge in [-0.05, 0) is 13.0 Å². The smallest absolute Gasteiger partial charge is 0.224 e. The Hall–Kier alpha value is -1.85. The first-order chi connectivity index (χ1) is 7.13. The Morgan fingerprint density at radius 2 is 2.00 bits per heavy atom. The summed E-state index contributed by atoms with van der Waals surface area (Å²) in [5, 5.41) is 15.4. The SMILES string of the molecule is CNc1nnc(-c2cc(C)nn2C)n1C. The minimum absolute atomic E-state index is 0.740. The lowest BCUT2D eigenvalue weighted by Gasteiger charge is -2.02. The first kappa shape index (κ1) is 9.70. The Morgan fingerprint density at radius 1 is 1.27 bits per heavy atom. The number of aromatic nitrogens is 5. The minimum Gasteiger partial charge on any atom is -0.357 e. The van der Waals surface area contributed by atoms with Crippen LogP contribution in [-0.2, 0) is 14.1 Å². The predicted molar refractivity (Wildman–Crippen MR) is 57.5 cm³/mol. The molecule has 6 heteroatoms. The molecule has 0 spiro atoms. The molecule has 0 fully saturated rings. The highest BCUT2D eigenvalue weighted by Gasteiger charge is 2.13. The van der Waals surface area contributed by atoms with Crippen molar-refractivity contribution in [1.82, 2.24) is 24.5 Å². The van der Waals surface area contributed by atoms with E-state index in [4.69, 9.17) is 0 Å². The number of hydrogen-bond donors (Lipinski definition) is 1. The number of hydrogen-bond acceptors (Lipinski definition) is 4. The van der Waals surface area contributed by atoms with Crippen molar-refractivity contribution < 1.29 is 0 Å². The normalized spacial score (nSPS) is 10.7. The number of anilines is 1. The molecular formula is C9H14N6. The summed E-state index contributed by atoms with van der Waals surface area (Å²) in [5.74, 6) is 1.55. The molecule has 80 valence electrons. The predicted octanol–water partition coefficient (Wildman–Crippen LogP) is 0.566. The van der Waals surface area contributed by atoms with E-state index in [-0.39, 0.29) is 0 Å². The van der Waals surface area contributed by atoms with Gasteiger partial charge in [-0.3, -0.25) is 9.25 Å². The fourth-order valence-electron chi connectivity index (χ4n) is 1.59. The Labute approximate surface area is 87.9 Å². The van der Waals surface area contributed by atoms with E-state index in [1.54, 1.807) is 4.68 Å². The van der Waals surface area contributed by atoms with Gasteiger partial charge in [0.2, 0.25) is 5.95 Å². The van der Waals surface area contributed by atoms with Crippen LogP contribution in [0.1, 0.15) is 5.69 Å². The summed E-state index contributed by atoms with van der Waals surface area (Å²) in [6.07, 6.45) is 0. The summed E-state index contributed by atoms with van der Waals surface area (Å²) in [5.41, 5.74) is 1.94. The van der Waals surface area contributed by atoms with Gasteiger partial charge in [-0.15, -0.1) is 10.2 Å². The lowest BCUT2D eigenvalue weighted by atomic mass is 10.3. The van der Waals surface area contributed by atoms with Crippen molar-refractivity contribution in [1.29, 1.82) is 0 Å². The molecule has 1 N–H and O–H groups in total. The highest BCUT2D eigenvalue weighted by Crippen LogP contribution is 2.18. The van der Waals surface area contributed by atoms with Crippen molar-refractivity contribution in [2.45, 2.75) is 6.92 Å². The third-order valence-electron chi connectivity index (χ3n) is 2.33. The number of nitrogens with one attached hydrogen (secondary N) is 1. The molecule has 6 nitrogen and oxygen atoms in total. The van der Waals surface area contributed by atoms with E-state index in [1.165, 1.54) is 0 Å². The molecule has 0 unspecified atom stereocenters. The topological polar surface area (TPSA) is 60.6 Å². The molecule has 0 radical (unpaired) electrons. The van der Waals surface area contributed by atoms with E-state index in [1.807, 2.05) is 38.7 Å². The summed E-state index contributed by atoms with van der Waals surface area (Å²) < 4.78 is 3.70. The zero-order valence-electron chi connectivity index (χ0n) is 9.31. The Morgan fingerprint density at radius 3 is 2.47 bits per heavy atom. The molecule has 0 bridgehead atoms. The van der Waals surface area contributed by atoms with Crippen molar-refractivity contribution in [3.63, 3.8) is 0 Å². The molecule has 15 heavy (non-hydrogen) atoms. The van der Waals surface area contributed by atoms with E-state index >= 15 is 0 Å². The summed E-state index contributed by atoms with van der Waals surface area (Å²) in [6.45, 7) is 1.96. The molecule has 2 heterocycles. The van der Waals surface area contributed by atoms with Crippen LogP contribution in [0, 0.1) is 6.92 Å². The molecule has 0 saturated carbocycles. The van der Waals surface area contributed by atoms with Gasteiger partial charge in [-0.2, -0.15) is 5.10 Å². The Balaban J connectivity index is 2.54. The Kier molecular flexibility index (Phi) is 2.18. The third kappa shape index (κ3) is 1.47. The molecule has 0 aliphatic carbocycles. The molecule has 0 saturated heterocycles. The zero-order chi connectivity index (χ0) is 11.0. The Bertz CT molecular complexity index is 481. The van der Waals surface area contributed by atoms with Gasteiger partial charge in [-0.1, -0.05) is 0 Å². The standard InChI is InChI=1S/C9H14N6/c1-6-5-7(15(4)13-6)8-11-12-9(10-2)14(8)3/h5H,1-4H3,(H,10,12). The zero-order valence-corrected chi connectivity index (χ0v) is 9.31. The first-order valence-electron chi connectivity index (χ1n) is 4.71. The molecule has 2 rings (SSSR count). The molecule has 0 aliphatic rings. The quantitative estimate of drug-likeness (QED) is 0.780. The maximum absolute atomic E-state index is 4.28. The number of nitrogens with zero attached hydrogens (tertiary/aromatic N) is 5. The third-order valence-corrected chi connectivity index (χ3v) is 2.33. The minimum atomic E-state index is 0.740. The largest absolute Gasteiger partial charge is 0.357 e. The molecule has 0 atom stereocenters. The van der Waals surface area contributed by atoms with Crippen molar-refractivity contribution in [2.75, 3.05) is 12.4 Å². The summed E-state index contributed by atoms with van der Waals surface area (Å²) in [6, 6.07) is 1.99. The van der Waals surface area contributed by atoms with Gasteiger partial charge >= 0.3 is 0 Å². The number of rotatable bonds is 2. The van der Waals surface area contributed by atoms with Gasteiger partial charge in [0.15, 0.2) is 5.82 Å². The highest BCUT2D eigenvalue weighted by atomic mass is 15.4. The molecular weight excluding hydrogens is 192 g/mol. The average molecular weight is 206 g/mol. The van der Waals surface area contributed by atoms with Crippen LogP contribution in [0.4, 0.5) is 5.95 Å². The maximum atomic E-state index is 4.28. The van der Waals surface area contributed by atoms with Gasteiger partial charge in [-0.25, -0.2) is 0 Å². The van der Waals surface area contributed by atoms with E-state index in [0.717, 1.165) is 23.2 Å². The van der Waals surface area contributed by atoms with Crippen LogP contribution in [0.3, 0.4) is 0 Å². The van der Waals surface area contributed by atoms with Gasteiger partial charge in [0, 0.05) is 21.1 Å². The summed E-state index contributed by atoms with van der Waals surface area (Å²) in [7, 11) is 5.64. The van der Waals surface area contributed by atoms with Crippen LogP contribution < -0.4 is 5.32 Å². The molecule has 0 amide bonds. The van der Waals surface area contributed by atoms with Crippen LogP contribution >= 0.6 is 0 Å². The maximum Gasteiger partial charge on any atom is 0.224 e. The van der Waals surface area contributed by atoms with Gasteiger partial charge < -0.3 is 5.32 Å². The first-order valence-corrected chi connectivity index (χ1v) is 4.71. The second-order valence-corrected chi connectivity index (χ2v) is 3.45. The fourth-order valence-corrected chi connectivity index (χ4v) is 1.59. The van der Waals surface area contributed by atoms with E-state index < -0.39 is 0 Å². The fraction of sp³-hybridized carbons (Fsp3) is 0.444. The molecule has 2 aromatic heterocycles. The molecule has 0 aliphatic heterocycles. The van der Waals surface area contributed by atoms with Crippen molar-refractivity contribution >= 4 is 5.95 Å². The lowest BCUT2D eigenvalue weighted by Crippen LogP contribution is -2.02. The molecule has 0 aromatic carbocycles. The van der Waals surface area contributed by atoms with Gasteiger partial charge in [0.05, 0.1) is 5.69 Å². The van der Waals surface area contributed by atoms with Crippen LogP contribution in [0.15, 0.2) is 6.07 Å². The second-order valence-electron chi connectivity index (χ2n) is 3.45. The lowest BCUT2D eigenvalue weighted by molar-refractivity contribution is 0.752. The summed E-state index contributed by atoms with van der Waals surface area (Å²) >= 11 is 0. The van der Waals surface area contributed by atoms with Crippen LogP contribution in [0.5, 0.6) is 0 Å². The van der Waals surface area contributed by atoms with E-state index in [0.29, 0.717) is 0 Å². The van der Waals surface area contributed by atoms with Crippen LogP contribution in [-0.4, -0.2) is 31.6 Å². The second kappa shape index (κ2) is 3.38.